The minimum Gasteiger partial charge on any atom is -0.298 e. The van der Waals surface area contributed by atoms with Gasteiger partial charge in [-0.05, 0) is 32.5 Å². The Morgan fingerprint density at radius 3 is 2.42 bits per heavy atom. The fourth-order valence-corrected chi connectivity index (χ4v) is 2.82. The first kappa shape index (κ1) is 15.7. The smallest absolute Gasteiger partial charge is 0.151 e. The highest BCUT2D eigenvalue weighted by molar-refractivity contribution is 7.91. The van der Waals surface area contributed by atoms with Crippen LogP contribution in [0, 0.1) is 11.3 Å². The second-order valence-electron chi connectivity index (χ2n) is 4.96. The maximum Gasteiger partial charge on any atom is 0.151 e. The third-order valence-corrected chi connectivity index (χ3v) is 5.35. The number of hydrogen-bond donors (Lipinski definition) is 0. The Morgan fingerprint density at radius 1 is 1.32 bits per heavy atom. The van der Waals surface area contributed by atoms with Crippen molar-refractivity contribution in [3.05, 3.63) is 35.4 Å². The second kappa shape index (κ2) is 6.18. The molecule has 0 bridgehead atoms. The highest BCUT2D eigenvalue weighted by Gasteiger charge is 2.25. The number of nitriles is 1. The summed E-state index contributed by atoms with van der Waals surface area (Å²) in [5.74, 6) is 0. The molecule has 1 aromatic rings. The fourth-order valence-electron chi connectivity index (χ4n) is 1.90. The molecule has 0 spiro atoms. The van der Waals surface area contributed by atoms with Crippen LogP contribution < -0.4 is 0 Å². The second-order valence-corrected chi connectivity index (χ2v) is 7.36. The minimum atomic E-state index is -3.06. The van der Waals surface area contributed by atoms with Gasteiger partial charge in [-0.1, -0.05) is 18.2 Å². The molecule has 0 saturated heterocycles. The van der Waals surface area contributed by atoms with E-state index in [2.05, 4.69) is 6.07 Å². The van der Waals surface area contributed by atoms with Gasteiger partial charge in [-0.25, -0.2) is 8.42 Å². The highest BCUT2D eigenvalue weighted by Crippen LogP contribution is 2.15. The van der Waals surface area contributed by atoms with E-state index in [4.69, 9.17) is 5.26 Å². The molecule has 4 nitrogen and oxygen atoms in total. The first-order valence-electron chi connectivity index (χ1n) is 6.14. The zero-order chi connectivity index (χ0) is 14.6. The Morgan fingerprint density at radius 2 is 1.89 bits per heavy atom. The van der Waals surface area contributed by atoms with Crippen molar-refractivity contribution in [2.24, 2.45) is 0 Å². The van der Waals surface area contributed by atoms with Crippen LogP contribution in [0.25, 0.3) is 0 Å². The van der Waals surface area contributed by atoms with Gasteiger partial charge < -0.3 is 0 Å². The minimum absolute atomic E-state index is 0.109. The van der Waals surface area contributed by atoms with Crippen molar-refractivity contribution in [1.29, 1.82) is 5.26 Å². The lowest BCUT2D eigenvalue weighted by molar-refractivity contribution is 0.245. The first-order chi connectivity index (χ1) is 8.77. The monoisotopic (exact) mass is 280 g/mol. The van der Waals surface area contributed by atoms with E-state index in [0.717, 1.165) is 5.56 Å². The number of sulfone groups is 1. The molecule has 0 N–H and O–H groups in total. The maximum atomic E-state index is 11.6. The van der Waals surface area contributed by atoms with Crippen molar-refractivity contribution in [2.75, 3.05) is 13.3 Å². The fraction of sp³-hybridized carbons (Fsp3) is 0.500. The van der Waals surface area contributed by atoms with Crippen LogP contribution >= 0.6 is 0 Å². The summed E-state index contributed by atoms with van der Waals surface area (Å²) >= 11 is 0. The third kappa shape index (κ3) is 4.05. The Labute approximate surface area is 115 Å². The molecular formula is C14H20N2O2S. The van der Waals surface area contributed by atoms with E-state index in [1.807, 2.05) is 37.1 Å². The molecule has 1 rings (SSSR count). The molecule has 0 aliphatic rings. The SMILES string of the molecule is C[C@H]([C@H](C)N(C)Cc1ccccc1C#N)S(C)(=O)=O. The molecule has 1 aromatic carbocycles. The lowest BCUT2D eigenvalue weighted by Gasteiger charge is -2.29. The number of benzene rings is 1. The zero-order valence-electron chi connectivity index (χ0n) is 11.8. The summed E-state index contributed by atoms with van der Waals surface area (Å²) in [6, 6.07) is 9.42. The van der Waals surface area contributed by atoms with Crippen molar-refractivity contribution in [1.82, 2.24) is 4.90 Å². The largest absolute Gasteiger partial charge is 0.298 e. The Hall–Kier alpha value is -1.38. The summed E-state index contributed by atoms with van der Waals surface area (Å²) in [4.78, 5) is 1.96. The van der Waals surface area contributed by atoms with Gasteiger partial charge in [-0.3, -0.25) is 4.90 Å². The molecule has 0 radical (unpaired) electrons. The van der Waals surface area contributed by atoms with E-state index in [9.17, 15) is 8.42 Å². The summed E-state index contributed by atoms with van der Waals surface area (Å²) < 4.78 is 23.1. The van der Waals surface area contributed by atoms with Crippen LogP contribution in [0.15, 0.2) is 24.3 Å². The van der Waals surface area contributed by atoms with Crippen LogP contribution in [0.2, 0.25) is 0 Å². The van der Waals surface area contributed by atoms with Gasteiger partial charge in [0.05, 0.1) is 16.9 Å². The molecule has 0 fully saturated rings. The van der Waals surface area contributed by atoms with Crippen molar-refractivity contribution in [3.63, 3.8) is 0 Å². The molecule has 0 aliphatic carbocycles. The van der Waals surface area contributed by atoms with Gasteiger partial charge in [0.25, 0.3) is 0 Å². The van der Waals surface area contributed by atoms with Gasteiger partial charge in [0.15, 0.2) is 9.84 Å². The normalized spacial score (nSPS) is 14.9. The predicted octanol–water partition coefficient (Wildman–Crippen LogP) is 1.81. The molecule has 2 atom stereocenters. The number of rotatable bonds is 5. The molecule has 104 valence electrons. The molecule has 19 heavy (non-hydrogen) atoms. The van der Waals surface area contributed by atoms with Crippen LogP contribution in [0.5, 0.6) is 0 Å². The maximum absolute atomic E-state index is 11.6. The van der Waals surface area contributed by atoms with Crippen molar-refractivity contribution in [3.8, 4) is 6.07 Å². The van der Waals surface area contributed by atoms with Crippen LogP contribution in [0.4, 0.5) is 0 Å². The summed E-state index contributed by atoms with van der Waals surface area (Å²) in [6.07, 6.45) is 1.26. The van der Waals surface area contributed by atoms with E-state index in [0.29, 0.717) is 12.1 Å². The number of nitrogens with zero attached hydrogens (tertiary/aromatic N) is 2. The topological polar surface area (TPSA) is 61.2 Å². The quantitative estimate of drug-likeness (QED) is 0.825. The van der Waals surface area contributed by atoms with Crippen LogP contribution in [0.3, 0.4) is 0 Å². The molecule has 0 aliphatic heterocycles. The average molecular weight is 280 g/mol. The van der Waals surface area contributed by atoms with E-state index in [1.165, 1.54) is 6.26 Å². The van der Waals surface area contributed by atoms with Crippen molar-refractivity contribution >= 4 is 9.84 Å². The summed E-state index contributed by atoms with van der Waals surface area (Å²) in [6.45, 7) is 4.16. The van der Waals surface area contributed by atoms with Gasteiger partial charge in [0.2, 0.25) is 0 Å². The molecule has 0 aromatic heterocycles. The third-order valence-electron chi connectivity index (χ3n) is 3.61. The Kier molecular flexibility index (Phi) is 5.10. The molecule has 0 heterocycles. The van der Waals surface area contributed by atoms with E-state index < -0.39 is 15.1 Å². The molecule has 0 unspecified atom stereocenters. The lowest BCUT2D eigenvalue weighted by Crippen LogP contribution is -2.41. The summed E-state index contributed by atoms with van der Waals surface area (Å²) in [7, 11) is -1.19. The molecule has 0 amide bonds. The Balaban J connectivity index is 2.86. The molecule has 5 heteroatoms. The molecular weight excluding hydrogens is 260 g/mol. The van der Waals surface area contributed by atoms with Crippen molar-refractivity contribution in [2.45, 2.75) is 31.7 Å². The molecule has 0 saturated carbocycles. The van der Waals surface area contributed by atoms with E-state index in [1.54, 1.807) is 13.0 Å². The van der Waals surface area contributed by atoms with Gasteiger partial charge >= 0.3 is 0 Å². The van der Waals surface area contributed by atoms with Crippen LogP contribution in [0.1, 0.15) is 25.0 Å². The summed E-state index contributed by atoms with van der Waals surface area (Å²) in [5.41, 5.74) is 1.55. The number of hydrogen-bond acceptors (Lipinski definition) is 4. The highest BCUT2D eigenvalue weighted by atomic mass is 32.2. The first-order valence-corrected chi connectivity index (χ1v) is 8.10. The van der Waals surface area contributed by atoms with Crippen molar-refractivity contribution < 1.29 is 8.42 Å². The van der Waals surface area contributed by atoms with Gasteiger partial charge in [0.1, 0.15) is 0 Å². The van der Waals surface area contributed by atoms with Gasteiger partial charge in [0, 0.05) is 18.8 Å². The van der Waals surface area contributed by atoms with Crippen LogP contribution in [-0.2, 0) is 16.4 Å². The van der Waals surface area contributed by atoms with Crippen LogP contribution in [-0.4, -0.2) is 37.9 Å². The van der Waals surface area contributed by atoms with Gasteiger partial charge in [-0.15, -0.1) is 0 Å². The van der Waals surface area contributed by atoms with Gasteiger partial charge in [-0.2, -0.15) is 5.26 Å². The standard InChI is InChI=1S/C14H20N2O2S/c1-11(12(2)19(4,17)18)16(3)10-14-8-6-5-7-13(14)9-15/h5-8,11-12H,10H2,1-4H3/t11-,12+/m0/s1. The Bertz CT molecular complexity index is 575. The van der Waals surface area contributed by atoms with E-state index in [-0.39, 0.29) is 6.04 Å². The predicted molar refractivity (Wildman–Crippen MR) is 76.4 cm³/mol. The average Bonchev–Trinajstić information content (AvgIpc) is 2.36. The lowest BCUT2D eigenvalue weighted by atomic mass is 10.1. The summed E-state index contributed by atoms with van der Waals surface area (Å²) in [5, 5.41) is 8.61. The van der Waals surface area contributed by atoms with E-state index >= 15 is 0 Å². The zero-order valence-corrected chi connectivity index (χ0v) is 12.6.